The molecule has 3 heterocycles. The van der Waals surface area contributed by atoms with E-state index >= 15 is 0 Å². The lowest BCUT2D eigenvalue weighted by Gasteiger charge is -2.34. The van der Waals surface area contributed by atoms with Gasteiger partial charge in [-0.3, -0.25) is 9.59 Å². The molecule has 0 spiro atoms. The zero-order chi connectivity index (χ0) is 24.0. The first-order valence-corrected chi connectivity index (χ1v) is 13.2. The number of ether oxygens (including phenoxy) is 1. The SMILES string of the molecule is CC[C@@H]1Oc2cc(S(=O)(=O)N3CCC[C@@H](C(=O)N4CCc5ccccc54)C3)c(C)cc2NC1=O. The van der Waals surface area contributed by atoms with Crippen LogP contribution < -0.4 is 15.0 Å². The highest BCUT2D eigenvalue weighted by Crippen LogP contribution is 2.37. The van der Waals surface area contributed by atoms with E-state index in [1.165, 1.54) is 10.4 Å². The van der Waals surface area contributed by atoms with Gasteiger partial charge < -0.3 is 15.0 Å². The predicted octanol–water partition coefficient (Wildman–Crippen LogP) is 3.09. The Balaban J connectivity index is 1.39. The fourth-order valence-electron chi connectivity index (χ4n) is 5.12. The highest BCUT2D eigenvalue weighted by Gasteiger charge is 2.38. The topological polar surface area (TPSA) is 96.0 Å². The van der Waals surface area contributed by atoms with Gasteiger partial charge in [-0.2, -0.15) is 4.31 Å². The highest BCUT2D eigenvalue weighted by molar-refractivity contribution is 7.89. The summed E-state index contributed by atoms with van der Waals surface area (Å²) >= 11 is 0. The second kappa shape index (κ2) is 8.70. The number of fused-ring (bicyclic) bond motifs is 2. The van der Waals surface area contributed by atoms with E-state index in [9.17, 15) is 18.0 Å². The number of amides is 2. The van der Waals surface area contributed by atoms with Crippen LogP contribution in [0.2, 0.25) is 0 Å². The lowest BCUT2D eigenvalue weighted by molar-refractivity contribution is -0.124. The van der Waals surface area contributed by atoms with Crippen LogP contribution in [0, 0.1) is 12.8 Å². The van der Waals surface area contributed by atoms with Gasteiger partial charge in [0.15, 0.2) is 6.10 Å². The first-order valence-electron chi connectivity index (χ1n) is 11.8. The van der Waals surface area contributed by atoms with Crippen molar-refractivity contribution in [3.8, 4) is 5.75 Å². The van der Waals surface area contributed by atoms with Crippen molar-refractivity contribution in [1.29, 1.82) is 0 Å². The van der Waals surface area contributed by atoms with Gasteiger partial charge in [0, 0.05) is 31.4 Å². The Kier molecular flexibility index (Phi) is 5.85. The number of nitrogens with zero attached hydrogens (tertiary/aromatic N) is 2. The molecule has 0 bridgehead atoms. The minimum Gasteiger partial charge on any atom is -0.478 e. The van der Waals surface area contributed by atoms with E-state index in [4.69, 9.17) is 4.74 Å². The first-order chi connectivity index (χ1) is 16.3. The molecule has 0 radical (unpaired) electrons. The van der Waals surface area contributed by atoms with Crippen LogP contribution in [-0.4, -0.2) is 50.3 Å². The minimum absolute atomic E-state index is 0.0103. The van der Waals surface area contributed by atoms with Crippen LogP contribution in [0.5, 0.6) is 5.75 Å². The van der Waals surface area contributed by atoms with Gasteiger partial charge >= 0.3 is 0 Å². The van der Waals surface area contributed by atoms with E-state index < -0.39 is 16.1 Å². The van der Waals surface area contributed by atoms with Crippen molar-refractivity contribution in [2.75, 3.05) is 29.9 Å². The van der Waals surface area contributed by atoms with Crippen molar-refractivity contribution in [3.05, 3.63) is 47.5 Å². The lowest BCUT2D eigenvalue weighted by atomic mass is 9.98. The third kappa shape index (κ3) is 3.86. The number of carbonyl (C=O) groups is 2. The number of nitrogens with one attached hydrogen (secondary N) is 1. The summed E-state index contributed by atoms with van der Waals surface area (Å²) < 4.78 is 34.5. The van der Waals surface area contributed by atoms with Crippen molar-refractivity contribution in [1.82, 2.24) is 4.31 Å². The van der Waals surface area contributed by atoms with E-state index in [0.717, 1.165) is 17.7 Å². The fourth-order valence-corrected chi connectivity index (χ4v) is 6.87. The number of para-hydroxylation sites is 1. The van der Waals surface area contributed by atoms with E-state index in [1.54, 1.807) is 13.0 Å². The molecule has 5 rings (SSSR count). The molecule has 2 atom stereocenters. The maximum atomic E-state index is 13.7. The molecule has 2 aromatic rings. The molecular weight excluding hydrogens is 454 g/mol. The quantitative estimate of drug-likeness (QED) is 0.721. The number of piperidine rings is 1. The molecule has 2 aromatic carbocycles. The normalized spacial score (nSPS) is 22.5. The molecule has 0 unspecified atom stereocenters. The van der Waals surface area contributed by atoms with Gasteiger partial charge in [-0.25, -0.2) is 8.42 Å². The first kappa shape index (κ1) is 22.9. The van der Waals surface area contributed by atoms with E-state index in [0.29, 0.717) is 49.4 Å². The molecule has 3 aliphatic rings. The van der Waals surface area contributed by atoms with Gasteiger partial charge in [0.05, 0.1) is 16.5 Å². The van der Waals surface area contributed by atoms with Gasteiger partial charge in [-0.05, 0) is 55.9 Å². The fraction of sp³-hybridized carbons (Fsp3) is 0.440. The zero-order valence-corrected chi connectivity index (χ0v) is 20.2. The molecule has 34 heavy (non-hydrogen) atoms. The molecule has 3 aliphatic heterocycles. The number of hydrogen-bond donors (Lipinski definition) is 1. The van der Waals surface area contributed by atoms with E-state index in [-0.39, 0.29) is 29.2 Å². The predicted molar refractivity (Wildman–Crippen MR) is 128 cm³/mol. The van der Waals surface area contributed by atoms with Gasteiger partial charge in [0.1, 0.15) is 5.75 Å². The summed E-state index contributed by atoms with van der Waals surface area (Å²) in [5.41, 5.74) is 3.09. The van der Waals surface area contributed by atoms with Crippen molar-refractivity contribution in [2.45, 2.75) is 50.5 Å². The van der Waals surface area contributed by atoms with Gasteiger partial charge in [0.25, 0.3) is 5.91 Å². The molecule has 180 valence electrons. The summed E-state index contributed by atoms with van der Waals surface area (Å²) in [4.78, 5) is 27.4. The zero-order valence-electron chi connectivity index (χ0n) is 19.4. The standard InChI is InChI=1S/C25H29N3O5S/c1-3-21-24(29)26-19-13-16(2)23(14-22(19)33-21)34(31,32)27-11-6-8-18(15-27)25(30)28-12-10-17-7-4-5-9-20(17)28/h4-5,7,9,13-14,18,21H,3,6,8,10-12,15H2,1-2H3,(H,26,29)/t18-,21+/m1/s1. The summed E-state index contributed by atoms with van der Waals surface area (Å²) in [5, 5.41) is 2.80. The largest absolute Gasteiger partial charge is 0.478 e. The minimum atomic E-state index is -3.84. The van der Waals surface area contributed by atoms with Crippen molar-refractivity contribution < 1.29 is 22.7 Å². The van der Waals surface area contributed by atoms with Gasteiger partial charge in [0.2, 0.25) is 15.9 Å². The maximum absolute atomic E-state index is 13.7. The molecule has 1 N–H and O–H groups in total. The van der Waals surface area contributed by atoms with Crippen LogP contribution in [0.15, 0.2) is 41.3 Å². The number of anilines is 2. The summed E-state index contributed by atoms with van der Waals surface area (Å²) in [7, 11) is -3.84. The summed E-state index contributed by atoms with van der Waals surface area (Å²) in [5.74, 6) is -0.267. The average molecular weight is 484 g/mol. The highest BCUT2D eigenvalue weighted by atomic mass is 32.2. The summed E-state index contributed by atoms with van der Waals surface area (Å²) in [6.07, 6.45) is 1.95. The number of benzene rings is 2. The number of sulfonamides is 1. The molecular formula is C25H29N3O5S. The van der Waals surface area contributed by atoms with Gasteiger partial charge in [-0.1, -0.05) is 25.1 Å². The van der Waals surface area contributed by atoms with Crippen molar-refractivity contribution in [2.24, 2.45) is 5.92 Å². The second-order valence-electron chi connectivity index (χ2n) is 9.19. The van der Waals surface area contributed by atoms with Crippen LogP contribution >= 0.6 is 0 Å². The molecule has 0 aromatic heterocycles. The summed E-state index contributed by atoms with van der Waals surface area (Å²) in [6.45, 7) is 4.71. The molecule has 0 saturated carbocycles. The number of carbonyl (C=O) groups excluding carboxylic acids is 2. The molecule has 0 aliphatic carbocycles. The van der Waals surface area contributed by atoms with Gasteiger partial charge in [-0.15, -0.1) is 0 Å². The Bertz CT molecular complexity index is 1260. The Morgan fingerprint density at radius 3 is 2.79 bits per heavy atom. The van der Waals surface area contributed by atoms with Crippen LogP contribution in [0.1, 0.15) is 37.3 Å². The molecule has 1 saturated heterocycles. The maximum Gasteiger partial charge on any atom is 0.265 e. The van der Waals surface area contributed by atoms with Crippen LogP contribution in [0.3, 0.4) is 0 Å². The molecule has 1 fully saturated rings. The van der Waals surface area contributed by atoms with Crippen molar-refractivity contribution >= 4 is 33.2 Å². The number of aryl methyl sites for hydroxylation is 1. The Morgan fingerprint density at radius 1 is 1.21 bits per heavy atom. The van der Waals surface area contributed by atoms with E-state index in [1.807, 2.05) is 36.1 Å². The van der Waals surface area contributed by atoms with E-state index in [2.05, 4.69) is 5.32 Å². The van der Waals surface area contributed by atoms with Crippen LogP contribution in [0.4, 0.5) is 11.4 Å². The molecule has 2 amide bonds. The average Bonchev–Trinajstić information content (AvgIpc) is 3.27. The number of hydrogen-bond acceptors (Lipinski definition) is 5. The third-order valence-corrected chi connectivity index (χ3v) is 8.98. The second-order valence-corrected chi connectivity index (χ2v) is 11.1. The summed E-state index contributed by atoms with van der Waals surface area (Å²) in [6, 6.07) is 11.0. The third-order valence-electron chi connectivity index (χ3n) is 6.97. The Morgan fingerprint density at radius 2 is 2.00 bits per heavy atom. The molecule has 9 heteroatoms. The Labute approximate surface area is 199 Å². The Hall–Kier alpha value is -2.91. The van der Waals surface area contributed by atoms with Crippen LogP contribution in [-0.2, 0) is 26.0 Å². The number of rotatable bonds is 4. The smallest absolute Gasteiger partial charge is 0.265 e. The monoisotopic (exact) mass is 483 g/mol. The van der Waals surface area contributed by atoms with Crippen molar-refractivity contribution in [3.63, 3.8) is 0 Å². The molecule has 8 nitrogen and oxygen atoms in total. The lowest BCUT2D eigenvalue weighted by Crippen LogP contribution is -2.46. The van der Waals surface area contributed by atoms with Crippen LogP contribution in [0.25, 0.3) is 0 Å².